The Labute approximate surface area is 191 Å². The molecule has 1 aliphatic rings. The molecule has 1 fully saturated rings. The Kier molecular flexibility index (Phi) is 6.97. The molecule has 32 heavy (non-hydrogen) atoms. The summed E-state index contributed by atoms with van der Waals surface area (Å²) in [6.45, 7) is 0. The first kappa shape index (κ1) is 21.8. The molecular weight excluding hydrogens is 422 g/mol. The van der Waals surface area contributed by atoms with Gasteiger partial charge in [-0.1, -0.05) is 18.2 Å². The third-order valence-corrected chi connectivity index (χ3v) is 6.05. The molecule has 164 valence electrons. The number of amides is 3. The largest absolute Gasteiger partial charge is 0.349 e. The van der Waals surface area contributed by atoms with E-state index in [2.05, 4.69) is 22.0 Å². The van der Waals surface area contributed by atoms with Gasteiger partial charge in [-0.05, 0) is 73.5 Å². The maximum Gasteiger partial charge on any atom is 0.255 e. The van der Waals surface area contributed by atoms with E-state index in [1.165, 1.54) is 4.88 Å². The van der Waals surface area contributed by atoms with Gasteiger partial charge in [-0.25, -0.2) is 0 Å². The first-order valence-electron chi connectivity index (χ1n) is 10.7. The average Bonchev–Trinajstić information content (AvgIpc) is 3.45. The molecule has 2 aromatic carbocycles. The molecule has 0 aliphatic heterocycles. The summed E-state index contributed by atoms with van der Waals surface area (Å²) in [5.41, 5.74) is 2.06. The molecule has 3 aromatic rings. The lowest BCUT2D eigenvalue weighted by molar-refractivity contribution is -0.116. The summed E-state index contributed by atoms with van der Waals surface area (Å²) >= 11 is 1.69. The van der Waals surface area contributed by atoms with Crippen LogP contribution in [-0.2, 0) is 11.2 Å². The van der Waals surface area contributed by atoms with Gasteiger partial charge in [-0.15, -0.1) is 11.3 Å². The van der Waals surface area contributed by atoms with Crippen LogP contribution in [0.2, 0.25) is 0 Å². The molecule has 0 atom stereocenters. The molecule has 0 bridgehead atoms. The number of aryl methyl sites for hydroxylation is 1. The lowest BCUT2D eigenvalue weighted by Crippen LogP contribution is -2.25. The monoisotopic (exact) mass is 447 g/mol. The Balaban J connectivity index is 1.31. The van der Waals surface area contributed by atoms with Crippen molar-refractivity contribution in [3.05, 3.63) is 82.0 Å². The predicted molar refractivity (Wildman–Crippen MR) is 127 cm³/mol. The molecule has 1 heterocycles. The van der Waals surface area contributed by atoms with Gasteiger partial charge < -0.3 is 16.0 Å². The highest BCUT2D eigenvalue weighted by Crippen LogP contribution is 2.20. The number of rotatable bonds is 9. The highest BCUT2D eigenvalue weighted by molar-refractivity contribution is 7.09. The molecule has 4 rings (SSSR count). The molecule has 7 heteroatoms. The van der Waals surface area contributed by atoms with Crippen molar-refractivity contribution >= 4 is 40.4 Å². The molecule has 3 N–H and O–H groups in total. The maximum atomic E-state index is 12.7. The Bertz CT molecular complexity index is 1110. The number of carbonyl (C=O) groups excluding carboxylic acids is 3. The van der Waals surface area contributed by atoms with E-state index in [0.717, 1.165) is 25.7 Å². The zero-order valence-corrected chi connectivity index (χ0v) is 18.4. The quantitative estimate of drug-likeness (QED) is 0.438. The summed E-state index contributed by atoms with van der Waals surface area (Å²) in [5.74, 6) is -0.514. The molecule has 0 unspecified atom stereocenters. The minimum Gasteiger partial charge on any atom is -0.349 e. The number of nitrogens with one attached hydrogen (secondary N) is 3. The normalized spacial score (nSPS) is 12.8. The van der Waals surface area contributed by atoms with Crippen LogP contribution in [0.4, 0.5) is 11.4 Å². The molecular formula is C25H25N3O3S. The number of hydrogen-bond acceptors (Lipinski definition) is 4. The lowest BCUT2D eigenvalue weighted by Gasteiger charge is -2.10. The van der Waals surface area contributed by atoms with Crippen molar-refractivity contribution in [2.24, 2.45) is 0 Å². The first-order chi connectivity index (χ1) is 15.6. The van der Waals surface area contributed by atoms with Crippen molar-refractivity contribution in [2.45, 2.75) is 38.1 Å². The highest BCUT2D eigenvalue weighted by Gasteiger charge is 2.23. The van der Waals surface area contributed by atoms with E-state index in [0.29, 0.717) is 28.9 Å². The summed E-state index contributed by atoms with van der Waals surface area (Å²) < 4.78 is 0. The van der Waals surface area contributed by atoms with Gasteiger partial charge in [0.25, 0.3) is 11.8 Å². The first-order valence-corrected chi connectivity index (χ1v) is 11.6. The van der Waals surface area contributed by atoms with E-state index in [1.807, 2.05) is 11.4 Å². The molecule has 0 radical (unpaired) electrons. The predicted octanol–water partition coefficient (Wildman–Crippen LogP) is 4.85. The highest BCUT2D eigenvalue weighted by atomic mass is 32.1. The van der Waals surface area contributed by atoms with Crippen molar-refractivity contribution in [1.82, 2.24) is 5.32 Å². The Morgan fingerprint density at radius 3 is 2.19 bits per heavy atom. The van der Waals surface area contributed by atoms with E-state index < -0.39 is 0 Å². The van der Waals surface area contributed by atoms with Crippen molar-refractivity contribution in [3.8, 4) is 0 Å². The van der Waals surface area contributed by atoms with E-state index in [1.54, 1.807) is 59.9 Å². The SMILES string of the molecule is O=C(CCCc1cccs1)Nc1cccc(C(=O)Nc2cccc(C(=O)NC3CC3)c2)c1. The number of anilines is 2. The maximum absolute atomic E-state index is 12.7. The van der Waals surface area contributed by atoms with Crippen LogP contribution in [0.1, 0.15) is 51.3 Å². The van der Waals surface area contributed by atoms with Gasteiger partial charge in [-0.3, -0.25) is 14.4 Å². The van der Waals surface area contributed by atoms with Gasteiger partial charge in [0.1, 0.15) is 0 Å². The Morgan fingerprint density at radius 1 is 0.844 bits per heavy atom. The average molecular weight is 448 g/mol. The van der Waals surface area contributed by atoms with Gasteiger partial charge in [0.15, 0.2) is 0 Å². The number of hydrogen-bond donors (Lipinski definition) is 3. The minimum absolute atomic E-state index is 0.0755. The second-order valence-corrected chi connectivity index (χ2v) is 8.88. The fourth-order valence-electron chi connectivity index (χ4n) is 3.28. The van der Waals surface area contributed by atoms with Crippen LogP contribution in [0.5, 0.6) is 0 Å². The molecule has 1 aliphatic carbocycles. The summed E-state index contributed by atoms with van der Waals surface area (Å²) in [5, 5.41) is 10.7. The standard InChI is InChI=1S/C25H25N3O3S/c29-23(11-3-9-22-10-4-14-32-22)26-20-7-1-5-17(15-20)25(31)28-21-8-2-6-18(16-21)24(30)27-19-12-13-19/h1-2,4-8,10,14-16,19H,3,9,11-13H2,(H,26,29)(H,27,30)(H,28,31). The Morgan fingerprint density at radius 2 is 1.53 bits per heavy atom. The Hall–Kier alpha value is -3.45. The zero-order valence-electron chi connectivity index (χ0n) is 17.6. The summed E-state index contributed by atoms with van der Waals surface area (Å²) in [7, 11) is 0. The van der Waals surface area contributed by atoms with Crippen LogP contribution in [0, 0.1) is 0 Å². The number of carbonyl (C=O) groups is 3. The van der Waals surface area contributed by atoms with Crippen LogP contribution in [-0.4, -0.2) is 23.8 Å². The number of benzene rings is 2. The van der Waals surface area contributed by atoms with Crippen LogP contribution in [0.3, 0.4) is 0 Å². The molecule has 0 saturated heterocycles. The molecule has 1 saturated carbocycles. The third-order valence-electron chi connectivity index (χ3n) is 5.11. The molecule has 1 aromatic heterocycles. The zero-order chi connectivity index (χ0) is 22.3. The van der Waals surface area contributed by atoms with E-state index in [4.69, 9.17) is 0 Å². The van der Waals surface area contributed by atoms with Gasteiger partial charge in [-0.2, -0.15) is 0 Å². The molecule has 6 nitrogen and oxygen atoms in total. The van der Waals surface area contributed by atoms with Crippen molar-refractivity contribution in [2.75, 3.05) is 10.6 Å². The fourth-order valence-corrected chi connectivity index (χ4v) is 4.03. The van der Waals surface area contributed by atoms with Crippen molar-refractivity contribution < 1.29 is 14.4 Å². The van der Waals surface area contributed by atoms with E-state index in [9.17, 15) is 14.4 Å². The van der Waals surface area contributed by atoms with Gasteiger partial charge in [0, 0.05) is 39.8 Å². The topological polar surface area (TPSA) is 87.3 Å². The minimum atomic E-state index is -0.307. The van der Waals surface area contributed by atoms with Gasteiger partial charge in [0.2, 0.25) is 5.91 Å². The van der Waals surface area contributed by atoms with Crippen molar-refractivity contribution in [1.29, 1.82) is 0 Å². The fraction of sp³-hybridized carbons (Fsp3) is 0.240. The third kappa shape index (κ3) is 6.28. The van der Waals surface area contributed by atoms with E-state index >= 15 is 0 Å². The second kappa shape index (κ2) is 10.2. The second-order valence-electron chi connectivity index (χ2n) is 7.84. The van der Waals surface area contributed by atoms with Crippen LogP contribution < -0.4 is 16.0 Å². The van der Waals surface area contributed by atoms with E-state index in [-0.39, 0.29) is 23.8 Å². The van der Waals surface area contributed by atoms with Crippen LogP contribution in [0.25, 0.3) is 0 Å². The van der Waals surface area contributed by atoms with Gasteiger partial charge in [0.05, 0.1) is 0 Å². The van der Waals surface area contributed by atoms with Crippen LogP contribution >= 0.6 is 11.3 Å². The summed E-state index contributed by atoms with van der Waals surface area (Å²) in [6, 6.07) is 18.0. The van der Waals surface area contributed by atoms with Crippen LogP contribution in [0.15, 0.2) is 66.0 Å². The van der Waals surface area contributed by atoms with Crippen molar-refractivity contribution in [3.63, 3.8) is 0 Å². The smallest absolute Gasteiger partial charge is 0.255 e. The summed E-state index contributed by atoms with van der Waals surface area (Å²) in [4.78, 5) is 38.4. The molecule has 3 amide bonds. The lowest BCUT2D eigenvalue weighted by atomic mass is 10.1. The summed E-state index contributed by atoms with van der Waals surface area (Å²) in [6.07, 6.45) is 4.11. The number of thiophene rings is 1. The van der Waals surface area contributed by atoms with Gasteiger partial charge >= 0.3 is 0 Å². The molecule has 0 spiro atoms.